The number of carbonyl (C=O) groups excluding carboxylic acids is 1. The maximum atomic E-state index is 12.6. The summed E-state index contributed by atoms with van der Waals surface area (Å²) in [6.07, 6.45) is 5.66. The average molecular weight is 318 g/mol. The number of hydrogen-bond donors (Lipinski definition) is 1. The van der Waals surface area contributed by atoms with Gasteiger partial charge in [0.15, 0.2) is 0 Å². The van der Waals surface area contributed by atoms with Crippen LogP contribution in [0.15, 0.2) is 0 Å². The monoisotopic (exact) mass is 318 g/mol. The maximum Gasteiger partial charge on any atom is 0.327 e. The fraction of sp³-hybridized carbons (Fsp3) is 0.929. The van der Waals surface area contributed by atoms with Gasteiger partial charge in [-0.05, 0) is 31.6 Å². The molecule has 21 heavy (non-hydrogen) atoms. The van der Waals surface area contributed by atoms with Crippen molar-refractivity contribution >= 4 is 16.2 Å². The molecular weight excluding hydrogens is 292 g/mol. The molecule has 1 aliphatic heterocycles. The van der Waals surface area contributed by atoms with E-state index in [9.17, 15) is 13.2 Å². The second-order valence-corrected chi connectivity index (χ2v) is 8.02. The van der Waals surface area contributed by atoms with Gasteiger partial charge in [-0.25, -0.2) is 0 Å². The van der Waals surface area contributed by atoms with Crippen LogP contribution in [0.3, 0.4) is 0 Å². The Morgan fingerprint density at radius 2 is 1.90 bits per heavy atom. The number of rotatable bonds is 4. The molecule has 0 aromatic rings. The molecule has 7 heteroatoms. The summed E-state index contributed by atoms with van der Waals surface area (Å²) < 4.78 is 34.3. The van der Waals surface area contributed by atoms with Crippen LogP contribution in [0.5, 0.6) is 0 Å². The fourth-order valence-corrected chi connectivity index (χ4v) is 5.11. The van der Waals surface area contributed by atoms with E-state index in [2.05, 4.69) is 11.6 Å². The molecule has 2 rings (SSSR count). The highest BCUT2D eigenvalue weighted by Crippen LogP contribution is 2.31. The summed E-state index contributed by atoms with van der Waals surface area (Å²) in [4.78, 5) is 12.1. The van der Waals surface area contributed by atoms with Gasteiger partial charge in [0.1, 0.15) is 5.54 Å². The molecule has 0 bridgehead atoms. The first-order chi connectivity index (χ1) is 9.89. The molecule has 1 N–H and O–H groups in total. The molecule has 0 radical (unpaired) electrons. The van der Waals surface area contributed by atoms with Crippen LogP contribution in [0, 0.1) is 5.92 Å². The van der Waals surface area contributed by atoms with E-state index < -0.39 is 21.7 Å². The van der Waals surface area contributed by atoms with Crippen LogP contribution < -0.4 is 4.72 Å². The van der Waals surface area contributed by atoms with E-state index >= 15 is 0 Å². The van der Waals surface area contributed by atoms with E-state index in [4.69, 9.17) is 4.74 Å². The molecule has 0 amide bonds. The minimum Gasteiger partial charge on any atom is -0.468 e. The molecule has 1 saturated heterocycles. The summed E-state index contributed by atoms with van der Waals surface area (Å²) in [6, 6.07) is 0. The van der Waals surface area contributed by atoms with Crippen molar-refractivity contribution in [2.45, 2.75) is 57.4 Å². The number of ether oxygens (including phenoxy) is 1. The second-order valence-electron chi connectivity index (χ2n) is 6.35. The number of carbonyl (C=O) groups is 1. The highest BCUT2D eigenvalue weighted by atomic mass is 32.2. The van der Waals surface area contributed by atoms with Crippen molar-refractivity contribution in [1.82, 2.24) is 9.03 Å². The first-order valence-corrected chi connectivity index (χ1v) is 9.21. The minimum atomic E-state index is -3.65. The molecule has 122 valence electrons. The van der Waals surface area contributed by atoms with Crippen molar-refractivity contribution in [3.05, 3.63) is 0 Å². The zero-order valence-electron chi connectivity index (χ0n) is 12.9. The Hall–Kier alpha value is -0.660. The molecule has 6 nitrogen and oxygen atoms in total. The lowest BCUT2D eigenvalue weighted by Gasteiger charge is -2.38. The molecule has 0 spiro atoms. The van der Waals surface area contributed by atoms with E-state index in [1.165, 1.54) is 11.4 Å². The number of nitrogens with zero attached hydrogens (tertiary/aromatic N) is 1. The lowest BCUT2D eigenvalue weighted by molar-refractivity contribution is -0.149. The predicted octanol–water partition coefficient (Wildman–Crippen LogP) is 1.43. The maximum absolute atomic E-state index is 12.6. The second kappa shape index (κ2) is 6.62. The SMILES string of the molecule is COC(=O)C1(NS(=O)(=O)N2CCCC(C)C2)CCCCC1. The smallest absolute Gasteiger partial charge is 0.327 e. The molecule has 1 unspecified atom stereocenters. The van der Waals surface area contributed by atoms with Crippen LogP contribution in [0.25, 0.3) is 0 Å². The Kier molecular flexibility index (Phi) is 5.27. The Morgan fingerprint density at radius 3 is 2.48 bits per heavy atom. The summed E-state index contributed by atoms with van der Waals surface area (Å²) in [7, 11) is -2.33. The van der Waals surface area contributed by atoms with E-state index in [1.54, 1.807) is 0 Å². The third kappa shape index (κ3) is 3.76. The van der Waals surface area contributed by atoms with E-state index in [0.29, 0.717) is 31.8 Å². The van der Waals surface area contributed by atoms with Crippen LogP contribution in [-0.2, 0) is 19.7 Å². The van der Waals surface area contributed by atoms with E-state index in [0.717, 1.165) is 32.1 Å². The number of methoxy groups -OCH3 is 1. The zero-order valence-corrected chi connectivity index (χ0v) is 13.7. The van der Waals surface area contributed by atoms with Crippen LogP contribution >= 0.6 is 0 Å². The Balaban J connectivity index is 2.16. The van der Waals surface area contributed by atoms with Gasteiger partial charge in [0.05, 0.1) is 7.11 Å². The van der Waals surface area contributed by atoms with Gasteiger partial charge in [-0.15, -0.1) is 0 Å². The van der Waals surface area contributed by atoms with Gasteiger partial charge < -0.3 is 4.74 Å². The molecule has 2 fully saturated rings. The summed E-state index contributed by atoms with van der Waals surface area (Å²) in [6.45, 7) is 3.10. The van der Waals surface area contributed by atoms with Crippen LogP contribution in [-0.4, -0.2) is 44.4 Å². The van der Waals surface area contributed by atoms with Gasteiger partial charge in [-0.2, -0.15) is 17.4 Å². The largest absolute Gasteiger partial charge is 0.468 e. The van der Waals surface area contributed by atoms with Crippen molar-refractivity contribution in [1.29, 1.82) is 0 Å². The molecule has 1 saturated carbocycles. The predicted molar refractivity (Wildman–Crippen MR) is 79.9 cm³/mol. The zero-order chi connectivity index (χ0) is 15.5. The van der Waals surface area contributed by atoms with Gasteiger partial charge >= 0.3 is 5.97 Å². The summed E-state index contributed by atoms with van der Waals surface area (Å²) >= 11 is 0. The molecule has 1 aliphatic carbocycles. The van der Waals surface area contributed by atoms with Crippen molar-refractivity contribution < 1.29 is 17.9 Å². The highest BCUT2D eigenvalue weighted by Gasteiger charge is 2.45. The molecule has 0 aromatic heterocycles. The lowest BCUT2D eigenvalue weighted by Crippen LogP contribution is -2.60. The number of hydrogen-bond acceptors (Lipinski definition) is 4. The lowest BCUT2D eigenvalue weighted by atomic mass is 9.83. The van der Waals surface area contributed by atoms with Crippen LogP contribution in [0.2, 0.25) is 0 Å². The number of piperidine rings is 1. The Labute approximate surface area is 127 Å². The third-order valence-corrected chi connectivity index (χ3v) is 6.23. The Morgan fingerprint density at radius 1 is 1.24 bits per heavy atom. The first-order valence-electron chi connectivity index (χ1n) is 7.77. The van der Waals surface area contributed by atoms with Crippen molar-refractivity contribution in [2.75, 3.05) is 20.2 Å². The molecule has 0 aromatic carbocycles. The van der Waals surface area contributed by atoms with Crippen LogP contribution in [0.4, 0.5) is 0 Å². The molecule has 1 atom stereocenters. The number of nitrogens with one attached hydrogen (secondary N) is 1. The average Bonchev–Trinajstić information content (AvgIpc) is 2.47. The topological polar surface area (TPSA) is 75.7 Å². The third-order valence-electron chi connectivity index (χ3n) is 4.57. The first kappa shape index (κ1) is 16.7. The van der Waals surface area contributed by atoms with Crippen molar-refractivity contribution in [2.24, 2.45) is 5.92 Å². The summed E-state index contributed by atoms with van der Waals surface area (Å²) in [5.74, 6) is -0.105. The quantitative estimate of drug-likeness (QED) is 0.796. The fourth-order valence-electron chi connectivity index (χ4n) is 3.37. The van der Waals surface area contributed by atoms with Crippen LogP contribution in [0.1, 0.15) is 51.9 Å². The van der Waals surface area contributed by atoms with E-state index in [-0.39, 0.29) is 0 Å². The molecule has 2 aliphatic rings. The van der Waals surface area contributed by atoms with Gasteiger partial charge in [0.2, 0.25) is 0 Å². The number of esters is 1. The van der Waals surface area contributed by atoms with Crippen molar-refractivity contribution in [3.8, 4) is 0 Å². The van der Waals surface area contributed by atoms with Crippen molar-refractivity contribution in [3.63, 3.8) is 0 Å². The normalized spacial score (nSPS) is 27.2. The minimum absolute atomic E-state index is 0.357. The highest BCUT2D eigenvalue weighted by molar-refractivity contribution is 7.87. The van der Waals surface area contributed by atoms with Gasteiger partial charge in [-0.3, -0.25) is 4.79 Å². The molecule has 1 heterocycles. The van der Waals surface area contributed by atoms with Gasteiger partial charge in [-0.1, -0.05) is 26.2 Å². The Bertz CT molecular complexity index is 471. The van der Waals surface area contributed by atoms with E-state index in [1.807, 2.05) is 0 Å². The summed E-state index contributed by atoms with van der Waals surface area (Å²) in [5.41, 5.74) is -1.08. The van der Waals surface area contributed by atoms with Gasteiger partial charge in [0, 0.05) is 13.1 Å². The summed E-state index contributed by atoms with van der Waals surface area (Å²) in [5, 5.41) is 0. The van der Waals surface area contributed by atoms with Gasteiger partial charge in [0.25, 0.3) is 10.2 Å². The molecular formula is C14H26N2O4S. The standard InChI is InChI=1S/C14H26N2O4S/c1-12-7-6-10-16(11-12)21(18,19)15-14(13(17)20-2)8-4-3-5-9-14/h12,15H,3-11H2,1-2H3.